The highest BCUT2D eigenvalue weighted by Gasteiger charge is 2.07. The number of hydrazone groups is 1. The Morgan fingerprint density at radius 2 is 2.05 bits per heavy atom. The normalized spacial score (nSPS) is 11.4. The predicted octanol–water partition coefficient (Wildman–Crippen LogP) is 4.59. The van der Waals surface area contributed by atoms with E-state index in [9.17, 15) is 4.79 Å². The molecule has 0 saturated heterocycles. The molecule has 20 heavy (non-hydrogen) atoms. The number of rotatable bonds is 4. The predicted molar refractivity (Wildman–Crippen MR) is 83.6 cm³/mol. The van der Waals surface area contributed by atoms with Gasteiger partial charge in [0.05, 0.1) is 31.2 Å². The maximum Gasteiger partial charge on any atom is 0.335 e. The topological polar surface area (TPSA) is 61.7 Å². The first-order valence-corrected chi connectivity index (χ1v) is 7.13. The van der Waals surface area contributed by atoms with Gasteiger partial charge in [0.1, 0.15) is 0 Å². The van der Waals surface area contributed by atoms with Crippen LogP contribution in [0.5, 0.6) is 0 Å². The minimum atomic E-state index is -1.02. The quantitative estimate of drug-likeness (QED) is 0.637. The van der Waals surface area contributed by atoms with Crippen molar-refractivity contribution < 1.29 is 9.90 Å². The summed E-state index contributed by atoms with van der Waals surface area (Å²) < 4.78 is 0.681. The SMILES string of the molecule is C/C(=N/Nc1cc(C(=O)O)ccc1Cl)c1ccc(Cl)s1. The molecular weight excluding hydrogens is 319 g/mol. The van der Waals surface area contributed by atoms with Gasteiger partial charge >= 0.3 is 5.97 Å². The Labute approximate surface area is 129 Å². The minimum absolute atomic E-state index is 0.143. The van der Waals surface area contributed by atoms with Crippen LogP contribution < -0.4 is 5.43 Å². The summed E-state index contributed by atoms with van der Waals surface area (Å²) in [6.45, 7) is 1.82. The first kappa shape index (κ1) is 14.8. The van der Waals surface area contributed by atoms with Gasteiger partial charge in [0.2, 0.25) is 0 Å². The van der Waals surface area contributed by atoms with E-state index >= 15 is 0 Å². The second-order valence-corrected chi connectivity index (χ2v) is 6.03. The number of carbonyl (C=O) groups is 1. The number of nitrogens with one attached hydrogen (secondary N) is 1. The average Bonchev–Trinajstić information content (AvgIpc) is 2.84. The Bertz CT molecular complexity index is 683. The standard InChI is InChI=1S/C13H10Cl2N2O2S/c1-7(11-4-5-12(15)20-11)16-17-10-6-8(13(18)19)2-3-9(10)14/h2-6,17H,1H3,(H,18,19)/b16-7-. The molecule has 4 nitrogen and oxygen atoms in total. The first-order valence-electron chi connectivity index (χ1n) is 5.56. The van der Waals surface area contributed by atoms with E-state index in [1.54, 1.807) is 6.07 Å². The summed E-state index contributed by atoms with van der Waals surface area (Å²) in [5.74, 6) is -1.02. The van der Waals surface area contributed by atoms with E-state index in [1.807, 2.05) is 13.0 Å². The van der Waals surface area contributed by atoms with E-state index in [1.165, 1.54) is 29.5 Å². The Balaban J connectivity index is 2.21. The molecule has 0 aliphatic carbocycles. The Morgan fingerprint density at radius 1 is 1.30 bits per heavy atom. The van der Waals surface area contributed by atoms with Crippen LogP contribution in [0.4, 0.5) is 5.69 Å². The largest absolute Gasteiger partial charge is 0.478 e. The molecule has 1 heterocycles. The molecule has 0 aliphatic rings. The lowest BCUT2D eigenvalue weighted by Gasteiger charge is -2.05. The number of aromatic carboxylic acids is 1. The van der Waals surface area contributed by atoms with Gasteiger partial charge in [-0.15, -0.1) is 11.3 Å². The highest BCUT2D eigenvalue weighted by atomic mass is 35.5. The van der Waals surface area contributed by atoms with Crippen molar-refractivity contribution in [3.8, 4) is 0 Å². The van der Waals surface area contributed by atoms with Gasteiger partial charge in [-0.2, -0.15) is 5.10 Å². The second kappa shape index (κ2) is 6.26. The molecule has 0 spiro atoms. The van der Waals surface area contributed by atoms with E-state index in [0.717, 1.165) is 10.6 Å². The Kier molecular flexibility index (Phi) is 4.65. The molecule has 1 aromatic heterocycles. The third-order valence-corrected chi connectivity index (χ3v) is 4.16. The van der Waals surface area contributed by atoms with Crippen molar-refractivity contribution in [3.05, 3.63) is 50.1 Å². The van der Waals surface area contributed by atoms with Crippen LogP contribution in [0.3, 0.4) is 0 Å². The fraction of sp³-hybridized carbons (Fsp3) is 0.0769. The van der Waals surface area contributed by atoms with Crippen LogP contribution in [0.1, 0.15) is 22.2 Å². The van der Waals surface area contributed by atoms with E-state index in [-0.39, 0.29) is 5.56 Å². The van der Waals surface area contributed by atoms with Crippen molar-refractivity contribution in [1.82, 2.24) is 0 Å². The van der Waals surface area contributed by atoms with Gasteiger partial charge in [0.15, 0.2) is 0 Å². The number of anilines is 1. The number of thiophene rings is 1. The average molecular weight is 329 g/mol. The minimum Gasteiger partial charge on any atom is -0.478 e. The van der Waals surface area contributed by atoms with Gasteiger partial charge in [-0.25, -0.2) is 4.79 Å². The van der Waals surface area contributed by atoms with Gasteiger partial charge in [0.25, 0.3) is 0 Å². The number of benzene rings is 1. The van der Waals surface area contributed by atoms with Gasteiger partial charge in [-0.1, -0.05) is 23.2 Å². The molecule has 2 aromatic rings. The molecule has 7 heteroatoms. The fourth-order valence-corrected chi connectivity index (χ4v) is 2.60. The third-order valence-electron chi connectivity index (χ3n) is 2.49. The summed E-state index contributed by atoms with van der Waals surface area (Å²) in [5, 5.41) is 13.5. The number of hydrogen-bond acceptors (Lipinski definition) is 4. The van der Waals surface area contributed by atoms with Crippen LogP contribution in [0.2, 0.25) is 9.36 Å². The highest BCUT2D eigenvalue weighted by molar-refractivity contribution is 7.18. The number of carboxylic acid groups (broad SMARTS) is 1. The summed E-state index contributed by atoms with van der Waals surface area (Å²) in [6.07, 6.45) is 0. The number of hydrogen-bond donors (Lipinski definition) is 2. The van der Waals surface area contributed by atoms with Crippen molar-refractivity contribution in [2.24, 2.45) is 5.10 Å². The molecule has 0 atom stereocenters. The monoisotopic (exact) mass is 328 g/mol. The Hall–Kier alpha value is -1.56. The van der Waals surface area contributed by atoms with Gasteiger partial charge in [-0.3, -0.25) is 5.43 Å². The first-order chi connectivity index (χ1) is 9.47. The van der Waals surface area contributed by atoms with Crippen LogP contribution in [-0.2, 0) is 0 Å². The van der Waals surface area contributed by atoms with Crippen LogP contribution in [0.15, 0.2) is 35.4 Å². The fourth-order valence-electron chi connectivity index (χ4n) is 1.45. The van der Waals surface area contributed by atoms with Crippen LogP contribution in [0, 0.1) is 0 Å². The van der Waals surface area contributed by atoms with Crippen LogP contribution in [-0.4, -0.2) is 16.8 Å². The third kappa shape index (κ3) is 3.50. The van der Waals surface area contributed by atoms with Crippen LogP contribution >= 0.6 is 34.5 Å². The molecule has 0 radical (unpaired) electrons. The molecule has 0 saturated carbocycles. The van der Waals surface area contributed by atoms with Gasteiger partial charge < -0.3 is 5.11 Å². The zero-order valence-electron chi connectivity index (χ0n) is 10.4. The zero-order chi connectivity index (χ0) is 14.7. The molecule has 2 N–H and O–H groups in total. The summed E-state index contributed by atoms with van der Waals surface area (Å²) >= 11 is 13.3. The van der Waals surface area contributed by atoms with E-state index in [2.05, 4.69) is 10.5 Å². The zero-order valence-corrected chi connectivity index (χ0v) is 12.7. The molecular formula is C13H10Cl2N2O2S. The molecule has 0 aliphatic heterocycles. The maximum atomic E-state index is 10.9. The second-order valence-electron chi connectivity index (χ2n) is 3.91. The van der Waals surface area contributed by atoms with Crippen molar-refractivity contribution in [2.45, 2.75) is 6.92 Å². The maximum absolute atomic E-state index is 10.9. The molecule has 0 amide bonds. The summed E-state index contributed by atoms with van der Waals surface area (Å²) in [5.41, 5.74) is 4.09. The van der Waals surface area contributed by atoms with Crippen molar-refractivity contribution >= 4 is 51.9 Å². The molecule has 1 aromatic carbocycles. The van der Waals surface area contributed by atoms with Crippen molar-refractivity contribution in [3.63, 3.8) is 0 Å². The summed E-state index contributed by atoms with van der Waals surface area (Å²) in [7, 11) is 0. The lowest BCUT2D eigenvalue weighted by atomic mass is 10.2. The number of carboxylic acids is 1. The summed E-state index contributed by atoms with van der Waals surface area (Å²) in [4.78, 5) is 11.8. The van der Waals surface area contributed by atoms with Crippen molar-refractivity contribution in [2.75, 3.05) is 5.43 Å². The lowest BCUT2D eigenvalue weighted by molar-refractivity contribution is 0.0697. The molecule has 0 bridgehead atoms. The smallest absolute Gasteiger partial charge is 0.335 e. The van der Waals surface area contributed by atoms with Crippen LogP contribution in [0.25, 0.3) is 0 Å². The molecule has 104 valence electrons. The van der Waals surface area contributed by atoms with Gasteiger partial charge in [0, 0.05) is 0 Å². The molecule has 0 unspecified atom stereocenters. The van der Waals surface area contributed by atoms with Gasteiger partial charge in [-0.05, 0) is 37.3 Å². The van der Waals surface area contributed by atoms with E-state index in [0.29, 0.717) is 15.0 Å². The summed E-state index contributed by atoms with van der Waals surface area (Å²) in [6, 6.07) is 8.04. The highest BCUT2D eigenvalue weighted by Crippen LogP contribution is 2.25. The van der Waals surface area contributed by atoms with E-state index < -0.39 is 5.97 Å². The Morgan fingerprint density at radius 3 is 2.65 bits per heavy atom. The van der Waals surface area contributed by atoms with E-state index in [4.69, 9.17) is 28.3 Å². The molecule has 0 fully saturated rings. The van der Waals surface area contributed by atoms with Crippen molar-refractivity contribution in [1.29, 1.82) is 0 Å². The number of halogens is 2. The lowest BCUT2D eigenvalue weighted by Crippen LogP contribution is -2.01. The number of nitrogens with zero attached hydrogens (tertiary/aromatic N) is 1. The molecule has 2 rings (SSSR count).